The van der Waals surface area contributed by atoms with Crippen molar-refractivity contribution in [2.24, 2.45) is 0 Å². The van der Waals surface area contributed by atoms with Crippen molar-refractivity contribution >= 4 is 0 Å². The van der Waals surface area contributed by atoms with Gasteiger partial charge in [-0.1, -0.05) is 65.2 Å². The lowest BCUT2D eigenvalue weighted by Gasteiger charge is -2.18. The molecule has 0 radical (unpaired) electrons. The van der Waals surface area contributed by atoms with Crippen LogP contribution < -0.4 is 0 Å². The Morgan fingerprint density at radius 3 is 1.94 bits per heavy atom. The van der Waals surface area contributed by atoms with Crippen molar-refractivity contribution in [3.05, 3.63) is 18.7 Å². The molecule has 0 saturated heterocycles. The van der Waals surface area contributed by atoms with Crippen LogP contribution in [-0.2, 0) is 0 Å². The lowest BCUT2D eigenvalue weighted by atomic mass is 10.0. The van der Waals surface area contributed by atoms with Crippen LogP contribution in [0.15, 0.2) is 18.7 Å². The molecule has 0 aromatic carbocycles. The number of unbranched alkanes of at least 4 members (excludes halogenated alkanes) is 6. The molecule has 0 spiro atoms. The molecule has 1 aromatic rings. The van der Waals surface area contributed by atoms with E-state index in [0.29, 0.717) is 6.04 Å². The molecule has 1 rings (SSSR count). The molecule has 0 amide bonds. The standard InChI is InChI=1S/C16H30N2/c1-3-5-7-9-11-16(12-10-8-6-4-2)18-14-13-17-15-18/h13-16H,3-12H2,1-2H3. The van der Waals surface area contributed by atoms with Gasteiger partial charge in [0.1, 0.15) is 0 Å². The fourth-order valence-corrected chi connectivity index (χ4v) is 2.54. The molecule has 0 unspecified atom stereocenters. The molecule has 1 heterocycles. The fraction of sp³-hybridized carbons (Fsp3) is 0.812. The van der Waals surface area contributed by atoms with Gasteiger partial charge >= 0.3 is 0 Å². The minimum Gasteiger partial charge on any atom is -0.334 e. The van der Waals surface area contributed by atoms with E-state index in [9.17, 15) is 0 Å². The molecule has 2 heteroatoms. The van der Waals surface area contributed by atoms with E-state index in [4.69, 9.17) is 0 Å². The maximum Gasteiger partial charge on any atom is 0.0948 e. The summed E-state index contributed by atoms with van der Waals surface area (Å²) in [6.07, 6.45) is 19.6. The average molecular weight is 250 g/mol. The van der Waals surface area contributed by atoms with Crippen LogP contribution in [0.25, 0.3) is 0 Å². The van der Waals surface area contributed by atoms with Gasteiger partial charge in [0.2, 0.25) is 0 Å². The summed E-state index contributed by atoms with van der Waals surface area (Å²) in [4.78, 5) is 4.19. The zero-order valence-electron chi connectivity index (χ0n) is 12.3. The molecule has 0 aliphatic carbocycles. The summed E-state index contributed by atoms with van der Waals surface area (Å²) in [5, 5.41) is 0. The van der Waals surface area contributed by atoms with Crippen LogP contribution in [0.4, 0.5) is 0 Å². The highest BCUT2D eigenvalue weighted by Crippen LogP contribution is 2.22. The molecular weight excluding hydrogens is 220 g/mol. The van der Waals surface area contributed by atoms with Crippen LogP contribution in [0.3, 0.4) is 0 Å². The second kappa shape index (κ2) is 10.2. The predicted molar refractivity (Wildman–Crippen MR) is 78.8 cm³/mol. The number of nitrogens with zero attached hydrogens (tertiary/aromatic N) is 2. The minimum atomic E-state index is 0.682. The van der Waals surface area contributed by atoms with Crippen LogP contribution in [0.1, 0.15) is 84.1 Å². The summed E-state index contributed by atoms with van der Waals surface area (Å²) in [6.45, 7) is 4.55. The third kappa shape index (κ3) is 6.23. The van der Waals surface area contributed by atoms with Crippen molar-refractivity contribution in [1.29, 1.82) is 0 Å². The lowest BCUT2D eigenvalue weighted by molar-refractivity contribution is 0.396. The lowest BCUT2D eigenvalue weighted by Crippen LogP contribution is -2.07. The molecule has 18 heavy (non-hydrogen) atoms. The van der Waals surface area contributed by atoms with Gasteiger partial charge in [-0.15, -0.1) is 0 Å². The molecule has 0 saturated carbocycles. The monoisotopic (exact) mass is 250 g/mol. The third-order valence-electron chi connectivity index (χ3n) is 3.73. The first-order chi connectivity index (χ1) is 8.88. The molecule has 1 aromatic heterocycles. The third-order valence-corrected chi connectivity index (χ3v) is 3.73. The quantitative estimate of drug-likeness (QED) is 0.483. The Hall–Kier alpha value is -0.790. The van der Waals surface area contributed by atoms with Crippen molar-refractivity contribution in [1.82, 2.24) is 9.55 Å². The van der Waals surface area contributed by atoms with Crippen LogP contribution >= 0.6 is 0 Å². The van der Waals surface area contributed by atoms with Crippen molar-refractivity contribution in [2.45, 2.75) is 84.1 Å². The Kier molecular flexibility index (Phi) is 8.62. The molecule has 0 N–H and O–H groups in total. The Bertz CT molecular complexity index is 255. The van der Waals surface area contributed by atoms with Crippen LogP contribution in [0, 0.1) is 0 Å². The summed E-state index contributed by atoms with van der Waals surface area (Å²) in [6, 6.07) is 0.682. The molecule has 0 aliphatic rings. The van der Waals surface area contributed by atoms with Gasteiger partial charge in [0.15, 0.2) is 0 Å². The second-order valence-corrected chi connectivity index (χ2v) is 5.36. The highest BCUT2D eigenvalue weighted by Gasteiger charge is 2.09. The van der Waals surface area contributed by atoms with Crippen molar-refractivity contribution < 1.29 is 0 Å². The van der Waals surface area contributed by atoms with Gasteiger partial charge in [0.05, 0.1) is 6.33 Å². The first-order valence-corrected chi connectivity index (χ1v) is 7.86. The Balaban J connectivity index is 2.29. The fourth-order valence-electron chi connectivity index (χ4n) is 2.54. The zero-order valence-corrected chi connectivity index (χ0v) is 12.3. The first-order valence-electron chi connectivity index (χ1n) is 7.86. The number of rotatable bonds is 11. The van der Waals surface area contributed by atoms with E-state index in [1.54, 1.807) is 0 Å². The van der Waals surface area contributed by atoms with Gasteiger partial charge in [-0.25, -0.2) is 4.98 Å². The highest BCUT2D eigenvalue weighted by molar-refractivity contribution is 4.80. The average Bonchev–Trinajstić information content (AvgIpc) is 2.91. The number of imidazole rings is 1. The van der Waals surface area contributed by atoms with E-state index >= 15 is 0 Å². The maximum absolute atomic E-state index is 4.19. The SMILES string of the molecule is CCCCCCC(CCCCCC)n1ccnc1. The van der Waals surface area contributed by atoms with E-state index in [1.807, 2.05) is 12.5 Å². The Morgan fingerprint density at radius 1 is 0.889 bits per heavy atom. The molecule has 0 atom stereocenters. The van der Waals surface area contributed by atoms with Gasteiger partial charge in [-0.2, -0.15) is 0 Å². The number of hydrogen-bond donors (Lipinski definition) is 0. The van der Waals surface area contributed by atoms with Gasteiger partial charge in [0.25, 0.3) is 0 Å². The Morgan fingerprint density at radius 2 is 1.50 bits per heavy atom. The summed E-state index contributed by atoms with van der Waals surface area (Å²) in [5.41, 5.74) is 0. The normalized spacial score (nSPS) is 11.3. The molecule has 0 fully saturated rings. The predicted octanol–water partition coefficient (Wildman–Crippen LogP) is 5.37. The molecule has 0 bridgehead atoms. The minimum absolute atomic E-state index is 0.682. The van der Waals surface area contributed by atoms with Crippen molar-refractivity contribution in [2.75, 3.05) is 0 Å². The van der Waals surface area contributed by atoms with Crippen LogP contribution in [0.5, 0.6) is 0 Å². The first kappa shape index (κ1) is 15.3. The maximum atomic E-state index is 4.19. The number of aromatic nitrogens is 2. The molecule has 2 nitrogen and oxygen atoms in total. The van der Waals surface area contributed by atoms with Gasteiger partial charge in [0, 0.05) is 18.4 Å². The van der Waals surface area contributed by atoms with E-state index in [2.05, 4.69) is 29.6 Å². The zero-order chi connectivity index (χ0) is 13.1. The summed E-state index contributed by atoms with van der Waals surface area (Å²) in [7, 11) is 0. The molecule has 0 aliphatic heterocycles. The van der Waals surface area contributed by atoms with E-state index in [0.717, 1.165) is 0 Å². The molecule has 104 valence electrons. The van der Waals surface area contributed by atoms with Gasteiger partial charge in [-0.3, -0.25) is 0 Å². The van der Waals surface area contributed by atoms with E-state index in [1.165, 1.54) is 64.2 Å². The van der Waals surface area contributed by atoms with Crippen LogP contribution in [-0.4, -0.2) is 9.55 Å². The second-order valence-electron chi connectivity index (χ2n) is 5.36. The Labute approximate surface area is 113 Å². The highest BCUT2D eigenvalue weighted by atomic mass is 15.0. The van der Waals surface area contributed by atoms with E-state index in [-0.39, 0.29) is 0 Å². The van der Waals surface area contributed by atoms with Crippen molar-refractivity contribution in [3.63, 3.8) is 0 Å². The number of hydrogen-bond acceptors (Lipinski definition) is 1. The van der Waals surface area contributed by atoms with Crippen molar-refractivity contribution in [3.8, 4) is 0 Å². The van der Waals surface area contributed by atoms with Gasteiger partial charge in [-0.05, 0) is 12.8 Å². The summed E-state index contributed by atoms with van der Waals surface area (Å²) >= 11 is 0. The van der Waals surface area contributed by atoms with Crippen LogP contribution in [0.2, 0.25) is 0 Å². The van der Waals surface area contributed by atoms with Gasteiger partial charge < -0.3 is 4.57 Å². The summed E-state index contributed by atoms with van der Waals surface area (Å²) < 4.78 is 2.32. The smallest absolute Gasteiger partial charge is 0.0948 e. The molecular formula is C16H30N2. The topological polar surface area (TPSA) is 17.8 Å². The summed E-state index contributed by atoms with van der Waals surface area (Å²) in [5.74, 6) is 0. The largest absolute Gasteiger partial charge is 0.334 e. The van der Waals surface area contributed by atoms with E-state index < -0.39 is 0 Å².